The molecule has 0 saturated carbocycles. The van der Waals surface area contributed by atoms with Gasteiger partial charge in [-0.1, -0.05) is 12.1 Å². The Morgan fingerprint density at radius 3 is 3.00 bits per heavy atom. The molecule has 1 heterocycles. The van der Waals surface area contributed by atoms with Crippen LogP contribution in [0.25, 0.3) is 0 Å². The zero-order valence-electron chi connectivity index (χ0n) is 11.5. The van der Waals surface area contributed by atoms with Crippen molar-refractivity contribution in [1.82, 2.24) is 10.6 Å². The summed E-state index contributed by atoms with van der Waals surface area (Å²) in [5, 5.41) is 17.1. The Hall–Kier alpha value is -1.95. The molecule has 1 aromatic carbocycles. The van der Waals surface area contributed by atoms with Crippen molar-refractivity contribution in [3.05, 3.63) is 39.4 Å². The van der Waals surface area contributed by atoms with Crippen molar-refractivity contribution in [3.63, 3.8) is 0 Å². The van der Waals surface area contributed by atoms with Crippen LogP contribution in [0.1, 0.15) is 35.2 Å². The fraction of sp³-hybridized carbons (Fsp3) is 0.500. The molecule has 0 aliphatic carbocycles. The fourth-order valence-electron chi connectivity index (χ4n) is 2.55. The quantitative estimate of drug-likeness (QED) is 0.634. The molecule has 108 valence electrons. The van der Waals surface area contributed by atoms with E-state index in [9.17, 15) is 14.9 Å². The van der Waals surface area contributed by atoms with Crippen LogP contribution in [0.5, 0.6) is 0 Å². The van der Waals surface area contributed by atoms with E-state index >= 15 is 0 Å². The second-order valence-corrected chi connectivity index (χ2v) is 5.06. The summed E-state index contributed by atoms with van der Waals surface area (Å²) in [6.07, 6.45) is 3.15. The van der Waals surface area contributed by atoms with Crippen LogP contribution in [-0.4, -0.2) is 30.0 Å². The number of nitrogens with one attached hydrogen (secondary N) is 2. The molecule has 1 atom stereocenters. The van der Waals surface area contributed by atoms with Crippen LogP contribution in [0, 0.1) is 17.0 Å². The van der Waals surface area contributed by atoms with Crippen molar-refractivity contribution in [1.29, 1.82) is 0 Å². The number of aryl methyl sites for hydroxylation is 1. The number of hydrogen-bond acceptors (Lipinski definition) is 4. The Morgan fingerprint density at radius 1 is 1.55 bits per heavy atom. The lowest BCUT2D eigenvalue weighted by Gasteiger charge is -2.11. The van der Waals surface area contributed by atoms with Gasteiger partial charge in [-0.15, -0.1) is 0 Å². The Labute approximate surface area is 117 Å². The van der Waals surface area contributed by atoms with Crippen LogP contribution in [0.15, 0.2) is 18.2 Å². The van der Waals surface area contributed by atoms with E-state index < -0.39 is 4.92 Å². The van der Waals surface area contributed by atoms with E-state index in [0.29, 0.717) is 18.2 Å². The minimum Gasteiger partial charge on any atom is -0.352 e. The molecule has 1 fully saturated rings. The third-order valence-corrected chi connectivity index (χ3v) is 3.62. The molecule has 1 amide bonds. The Bertz CT molecular complexity index is 510. The molecule has 2 N–H and O–H groups in total. The summed E-state index contributed by atoms with van der Waals surface area (Å²) >= 11 is 0. The first kappa shape index (κ1) is 14.5. The first-order valence-electron chi connectivity index (χ1n) is 6.85. The molecule has 0 aromatic heterocycles. The molecule has 20 heavy (non-hydrogen) atoms. The summed E-state index contributed by atoms with van der Waals surface area (Å²) in [5.41, 5.74) is 0.647. The van der Waals surface area contributed by atoms with Gasteiger partial charge in [-0.2, -0.15) is 0 Å². The molecule has 1 saturated heterocycles. The average molecular weight is 277 g/mol. The normalized spacial score (nSPS) is 17.9. The maximum absolute atomic E-state index is 12.1. The summed E-state index contributed by atoms with van der Waals surface area (Å²) < 4.78 is 0. The first-order valence-corrected chi connectivity index (χ1v) is 6.85. The van der Waals surface area contributed by atoms with Crippen LogP contribution in [-0.2, 0) is 0 Å². The van der Waals surface area contributed by atoms with Gasteiger partial charge in [0.2, 0.25) is 0 Å². The lowest BCUT2D eigenvalue weighted by Crippen LogP contribution is -2.31. The minimum absolute atomic E-state index is 0.138. The highest BCUT2D eigenvalue weighted by Crippen LogP contribution is 2.21. The van der Waals surface area contributed by atoms with Gasteiger partial charge in [0.1, 0.15) is 5.56 Å². The van der Waals surface area contributed by atoms with Crippen LogP contribution >= 0.6 is 0 Å². The molecule has 0 radical (unpaired) electrons. The van der Waals surface area contributed by atoms with E-state index in [2.05, 4.69) is 10.6 Å². The van der Waals surface area contributed by atoms with Gasteiger partial charge in [-0.3, -0.25) is 14.9 Å². The Balaban J connectivity index is 1.99. The molecule has 0 unspecified atom stereocenters. The molecular weight excluding hydrogens is 258 g/mol. The topological polar surface area (TPSA) is 84.3 Å². The van der Waals surface area contributed by atoms with Gasteiger partial charge in [0.05, 0.1) is 4.92 Å². The molecule has 1 aromatic rings. The SMILES string of the molecule is Cc1cccc([N+](=O)[O-])c1C(=O)NCC[C@H]1CCCN1. The van der Waals surface area contributed by atoms with Gasteiger partial charge in [0, 0.05) is 18.7 Å². The monoisotopic (exact) mass is 277 g/mol. The maximum atomic E-state index is 12.1. The number of hydrogen-bond donors (Lipinski definition) is 2. The van der Waals surface area contributed by atoms with Crippen LogP contribution in [0.2, 0.25) is 0 Å². The average Bonchev–Trinajstić information content (AvgIpc) is 2.91. The highest BCUT2D eigenvalue weighted by Gasteiger charge is 2.22. The molecule has 1 aliphatic rings. The zero-order valence-corrected chi connectivity index (χ0v) is 11.5. The third kappa shape index (κ3) is 3.33. The smallest absolute Gasteiger partial charge is 0.282 e. The van der Waals surface area contributed by atoms with Crippen molar-refractivity contribution < 1.29 is 9.72 Å². The first-order chi connectivity index (χ1) is 9.59. The number of rotatable bonds is 5. The van der Waals surface area contributed by atoms with Crippen molar-refractivity contribution in [2.24, 2.45) is 0 Å². The summed E-state index contributed by atoms with van der Waals surface area (Å²) in [4.78, 5) is 22.6. The molecule has 0 bridgehead atoms. The molecule has 6 nitrogen and oxygen atoms in total. The third-order valence-electron chi connectivity index (χ3n) is 3.62. The number of amides is 1. The van der Waals surface area contributed by atoms with E-state index in [0.717, 1.165) is 19.4 Å². The van der Waals surface area contributed by atoms with E-state index in [-0.39, 0.29) is 17.2 Å². The molecule has 1 aliphatic heterocycles. The van der Waals surface area contributed by atoms with Crippen molar-refractivity contribution in [3.8, 4) is 0 Å². The lowest BCUT2D eigenvalue weighted by atomic mass is 10.1. The number of nitrogens with zero attached hydrogens (tertiary/aromatic N) is 1. The second-order valence-electron chi connectivity index (χ2n) is 5.06. The van der Waals surface area contributed by atoms with Gasteiger partial charge in [-0.05, 0) is 38.3 Å². The van der Waals surface area contributed by atoms with E-state index in [1.165, 1.54) is 12.5 Å². The molecule has 2 rings (SSSR count). The summed E-state index contributed by atoms with van der Waals surface area (Å²) in [5.74, 6) is -0.368. The molecular formula is C14H19N3O3. The second kappa shape index (κ2) is 6.47. The van der Waals surface area contributed by atoms with E-state index in [1.54, 1.807) is 19.1 Å². The van der Waals surface area contributed by atoms with Gasteiger partial charge >= 0.3 is 0 Å². The van der Waals surface area contributed by atoms with Crippen molar-refractivity contribution >= 4 is 11.6 Å². The maximum Gasteiger partial charge on any atom is 0.282 e. The number of benzene rings is 1. The minimum atomic E-state index is -0.513. The lowest BCUT2D eigenvalue weighted by molar-refractivity contribution is -0.385. The number of carbonyl (C=O) groups excluding carboxylic acids is 1. The predicted octanol–water partition coefficient (Wildman–Crippen LogP) is 1.78. The Morgan fingerprint density at radius 2 is 2.35 bits per heavy atom. The van der Waals surface area contributed by atoms with E-state index in [1.807, 2.05) is 0 Å². The standard InChI is InChI=1S/C14H19N3O3/c1-10-4-2-6-12(17(19)20)13(10)14(18)16-9-7-11-5-3-8-15-11/h2,4,6,11,15H,3,5,7-9H2,1H3,(H,16,18)/t11-/m1/s1. The zero-order chi connectivity index (χ0) is 14.5. The van der Waals surface area contributed by atoms with Gasteiger partial charge in [-0.25, -0.2) is 0 Å². The summed E-state index contributed by atoms with van der Waals surface area (Å²) in [6, 6.07) is 5.11. The summed E-state index contributed by atoms with van der Waals surface area (Å²) in [6.45, 7) is 3.27. The van der Waals surface area contributed by atoms with Crippen LogP contribution in [0.4, 0.5) is 5.69 Å². The van der Waals surface area contributed by atoms with Crippen LogP contribution < -0.4 is 10.6 Å². The highest BCUT2D eigenvalue weighted by atomic mass is 16.6. The van der Waals surface area contributed by atoms with Crippen molar-refractivity contribution in [2.45, 2.75) is 32.2 Å². The van der Waals surface area contributed by atoms with Gasteiger partial charge < -0.3 is 10.6 Å². The molecule has 0 spiro atoms. The molecule has 6 heteroatoms. The van der Waals surface area contributed by atoms with Gasteiger partial charge in [0.15, 0.2) is 0 Å². The van der Waals surface area contributed by atoms with E-state index in [4.69, 9.17) is 0 Å². The number of carbonyl (C=O) groups is 1. The number of nitro benzene ring substituents is 1. The van der Waals surface area contributed by atoms with Gasteiger partial charge in [0.25, 0.3) is 11.6 Å². The van der Waals surface area contributed by atoms with Crippen LogP contribution in [0.3, 0.4) is 0 Å². The fourth-order valence-corrected chi connectivity index (χ4v) is 2.55. The largest absolute Gasteiger partial charge is 0.352 e. The Kier molecular flexibility index (Phi) is 4.68. The predicted molar refractivity (Wildman–Crippen MR) is 75.8 cm³/mol. The number of nitro groups is 1. The van der Waals surface area contributed by atoms with Crippen molar-refractivity contribution in [2.75, 3.05) is 13.1 Å². The summed E-state index contributed by atoms with van der Waals surface area (Å²) in [7, 11) is 0. The highest BCUT2D eigenvalue weighted by molar-refractivity contribution is 5.99.